The molecular formula is C12H19N3O4S. The van der Waals surface area contributed by atoms with Crippen molar-refractivity contribution in [1.29, 1.82) is 0 Å². The molecule has 20 heavy (non-hydrogen) atoms. The van der Waals surface area contributed by atoms with Crippen molar-refractivity contribution in [2.75, 3.05) is 20.3 Å². The van der Waals surface area contributed by atoms with Gasteiger partial charge in [0.05, 0.1) is 5.01 Å². The molecule has 3 N–H and O–H groups in total. The summed E-state index contributed by atoms with van der Waals surface area (Å²) in [6.45, 7) is 2.60. The van der Waals surface area contributed by atoms with Crippen LogP contribution in [0, 0.1) is 6.92 Å². The second-order valence-corrected chi connectivity index (χ2v) is 5.15. The van der Waals surface area contributed by atoms with Crippen molar-refractivity contribution >= 4 is 23.3 Å². The Morgan fingerprint density at radius 1 is 1.55 bits per heavy atom. The minimum absolute atomic E-state index is 0.227. The molecule has 1 aromatic heterocycles. The van der Waals surface area contributed by atoms with E-state index in [1.807, 2.05) is 12.3 Å². The largest absolute Gasteiger partial charge is 0.480 e. The van der Waals surface area contributed by atoms with Crippen LogP contribution in [-0.2, 0) is 16.0 Å². The minimum atomic E-state index is -1.08. The number of carboxylic acid groups (broad SMARTS) is 1. The molecule has 0 aliphatic heterocycles. The Hall–Kier alpha value is -1.67. The summed E-state index contributed by atoms with van der Waals surface area (Å²) in [5.74, 6) is -1.08. The molecule has 0 aliphatic carbocycles. The van der Waals surface area contributed by atoms with Gasteiger partial charge in [-0.1, -0.05) is 0 Å². The number of aryl methyl sites for hydroxylation is 1. The maximum atomic E-state index is 11.6. The number of nitrogens with zero attached hydrogens (tertiary/aromatic N) is 1. The number of hydrogen-bond acceptors (Lipinski definition) is 5. The summed E-state index contributed by atoms with van der Waals surface area (Å²) >= 11 is 1.54. The maximum Gasteiger partial charge on any atom is 0.326 e. The van der Waals surface area contributed by atoms with Crippen molar-refractivity contribution in [3.8, 4) is 0 Å². The quantitative estimate of drug-likeness (QED) is 0.659. The summed E-state index contributed by atoms with van der Waals surface area (Å²) in [6.07, 6.45) is 0.854. The van der Waals surface area contributed by atoms with Crippen LogP contribution in [-0.4, -0.2) is 48.4 Å². The van der Waals surface area contributed by atoms with E-state index in [1.165, 1.54) is 18.4 Å². The minimum Gasteiger partial charge on any atom is -0.480 e. The third-order valence-corrected chi connectivity index (χ3v) is 3.53. The summed E-state index contributed by atoms with van der Waals surface area (Å²) < 4.78 is 4.80. The number of methoxy groups -OCH3 is 1. The molecule has 7 nitrogen and oxygen atoms in total. The third kappa shape index (κ3) is 5.98. The molecule has 0 spiro atoms. The standard InChI is InChI=1S/C12H19N3O4S/c1-8-7-20-10(14-8)3-5-13-12(18)15-9(11(16)17)4-6-19-2/h7,9H,3-6H2,1-2H3,(H,16,17)(H2,13,15,18). The van der Waals surface area contributed by atoms with Gasteiger partial charge in [0.2, 0.25) is 0 Å². The summed E-state index contributed by atoms with van der Waals surface area (Å²) in [7, 11) is 1.48. The van der Waals surface area contributed by atoms with Gasteiger partial charge in [-0.3, -0.25) is 0 Å². The lowest BCUT2D eigenvalue weighted by Gasteiger charge is -2.14. The maximum absolute atomic E-state index is 11.6. The van der Waals surface area contributed by atoms with E-state index in [-0.39, 0.29) is 13.0 Å². The molecule has 0 radical (unpaired) electrons. The van der Waals surface area contributed by atoms with E-state index in [4.69, 9.17) is 9.84 Å². The number of urea groups is 1. The van der Waals surface area contributed by atoms with Crippen LogP contribution in [0.3, 0.4) is 0 Å². The molecule has 0 fully saturated rings. The highest BCUT2D eigenvalue weighted by molar-refractivity contribution is 7.09. The van der Waals surface area contributed by atoms with Crippen molar-refractivity contribution < 1.29 is 19.4 Å². The van der Waals surface area contributed by atoms with Crippen LogP contribution in [0.4, 0.5) is 4.79 Å². The van der Waals surface area contributed by atoms with Crippen LogP contribution in [0.25, 0.3) is 0 Å². The van der Waals surface area contributed by atoms with Crippen LogP contribution in [0.2, 0.25) is 0 Å². The Kier molecular flexibility index (Phi) is 6.96. The zero-order valence-corrected chi connectivity index (χ0v) is 12.3. The fourth-order valence-electron chi connectivity index (χ4n) is 1.50. The van der Waals surface area contributed by atoms with Gasteiger partial charge in [-0.25, -0.2) is 14.6 Å². The molecule has 0 saturated heterocycles. The van der Waals surface area contributed by atoms with Crippen molar-refractivity contribution in [1.82, 2.24) is 15.6 Å². The normalized spacial score (nSPS) is 11.9. The number of nitrogens with one attached hydrogen (secondary N) is 2. The Bertz CT molecular complexity index is 450. The number of hydrogen-bond donors (Lipinski definition) is 3. The second-order valence-electron chi connectivity index (χ2n) is 4.21. The van der Waals surface area contributed by atoms with E-state index < -0.39 is 18.0 Å². The number of thiazole rings is 1. The average molecular weight is 301 g/mol. The number of rotatable bonds is 8. The predicted octanol–water partition coefficient (Wildman–Crippen LogP) is 0.783. The lowest BCUT2D eigenvalue weighted by molar-refractivity contribution is -0.139. The van der Waals surface area contributed by atoms with Gasteiger partial charge in [0.15, 0.2) is 0 Å². The zero-order chi connectivity index (χ0) is 15.0. The lowest BCUT2D eigenvalue weighted by atomic mass is 10.2. The molecular weight excluding hydrogens is 282 g/mol. The molecule has 0 saturated carbocycles. The second kappa shape index (κ2) is 8.49. The number of ether oxygens (including phenoxy) is 1. The Balaban J connectivity index is 2.28. The molecule has 1 unspecified atom stereocenters. The Labute approximate surface area is 121 Å². The molecule has 8 heteroatoms. The first-order valence-electron chi connectivity index (χ1n) is 6.20. The molecule has 0 aliphatic rings. The molecule has 112 valence electrons. The first-order chi connectivity index (χ1) is 9.52. The summed E-state index contributed by atoms with van der Waals surface area (Å²) in [5, 5.41) is 16.8. The van der Waals surface area contributed by atoms with Gasteiger partial charge in [0.1, 0.15) is 6.04 Å². The fourth-order valence-corrected chi connectivity index (χ4v) is 2.28. The smallest absolute Gasteiger partial charge is 0.326 e. The van der Waals surface area contributed by atoms with E-state index in [1.54, 1.807) is 0 Å². The van der Waals surface area contributed by atoms with E-state index in [0.29, 0.717) is 13.0 Å². The SMILES string of the molecule is COCCC(NC(=O)NCCc1nc(C)cs1)C(=O)O. The third-order valence-electron chi connectivity index (χ3n) is 2.51. The molecule has 2 amide bonds. The van der Waals surface area contributed by atoms with Gasteiger partial charge >= 0.3 is 12.0 Å². The van der Waals surface area contributed by atoms with E-state index in [9.17, 15) is 9.59 Å². The molecule has 1 heterocycles. The number of aromatic nitrogens is 1. The topological polar surface area (TPSA) is 101 Å². The van der Waals surface area contributed by atoms with Gasteiger partial charge in [0, 0.05) is 44.2 Å². The van der Waals surface area contributed by atoms with Crippen LogP contribution >= 0.6 is 11.3 Å². The highest BCUT2D eigenvalue weighted by Gasteiger charge is 2.19. The van der Waals surface area contributed by atoms with Crippen molar-refractivity contribution in [2.24, 2.45) is 0 Å². The number of carboxylic acids is 1. The monoisotopic (exact) mass is 301 g/mol. The Morgan fingerprint density at radius 3 is 2.85 bits per heavy atom. The summed E-state index contributed by atoms with van der Waals surface area (Å²) in [6, 6.07) is -1.45. The van der Waals surface area contributed by atoms with Gasteiger partial charge in [-0.2, -0.15) is 0 Å². The van der Waals surface area contributed by atoms with Crippen LogP contribution in [0.5, 0.6) is 0 Å². The molecule has 1 atom stereocenters. The van der Waals surface area contributed by atoms with E-state index in [0.717, 1.165) is 10.7 Å². The van der Waals surface area contributed by atoms with Crippen LogP contribution in [0.15, 0.2) is 5.38 Å². The lowest BCUT2D eigenvalue weighted by Crippen LogP contribution is -2.46. The van der Waals surface area contributed by atoms with Gasteiger partial charge in [-0.15, -0.1) is 11.3 Å². The molecule has 0 bridgehead atoms. The molecule has 1 aromatic rings. The average Bonchev–Trinajstić information content (AvgIpc) is 2.80. The van der Waals surface area contributed by atoms with E-state index >= 15 is 0 Å². The van der Waals surface area contributed by atoms with Crippen molar-refractivity contribution in [3.63, 3.8) is 0 Å². The number of aliphatic carboxylic acids is 1. The first kappa shape index (κ1) is 16.4. The van der Waals surface area contributed by atoms with Crippen LogP contribution in [0.1, 0.15) is 17.1 Å². The van der Waals surface area contributed by atoms with Gasteiger partial charge in [-0.05, 0) is 6.92 Å². The Morgan fingerprint density at radius 2 is 2.30 bits per heavy atom. The number of amides is 2. The fraction of sp³-hybridized carbons (Fsp3) is 0.583. The van der Waals surface area contributed by atoms with E-state index in [2.05, 4.69) is 15.6 Å². The summed E-state index contributed by atoms with van der Waals surface area (Å²) in [4.78, 5) is 26.8. The summed E-state index contributed by atoms with van der Waals surface area (Å²) in [5.41, 5.74) is 0.958. The van der Waals surface area contributed by atoms with Crippen molar-refractivity contribution in [3.05, 3.63) is 16.1 Å². The number of carbonyl (C=O) groups excluding carboxylic acids is 1. The van der Waals surface area contributed by atoms with Gasteiger partial charge in [0.25, 0.3) is 0 Å². The van der Waals surface area contributed by atoms with Crippen molar-refractivity contribution in [2.45, 2.75) is 25.8 Å². The molecule has 1 rings (SSSR count). The predicted molar refractivity (Wildman–Crippen MR) is 75.0 cm³/mol. The first-order valence-corrected chi connectivity index (χ1v) is 7.08. The zero-order valence-electron chi connectivity index (χ0n) is 11.5. The molecule has 0 aromatic carbocycles. The highest BCUT2D eigenvalue weighted by atomic mass is 32.1. The van der Waals surface area contributed by atoms with Gasteiger partial charge < -0.3 is 20.5 Å². The number of carbonyl (C=O) groups is 2. The highest BCUT2D eigenvalue weighted by Crippen LogP contribution is 2.08. The van der Waals surface area contributed by atoms with Crippen LogP contribution < -0.4 is 10.6 Å².